The van der Waals surface area contributed by atoms with Crippen LogP contribution >= 0.6 is 0 Å². The first kappa shape index (κ1) is 13.5. The molecule has 0 saturated heterocycles. The van der Waals surface area contributed by atoms with Gasteiger partial charge in [-0.3, -0.25) is 4.79 Å². The van der Waals surface area contributed by atoms with Crippen LogP contribution in [-0.2, 0) is 20.7 Å². The molecule has 0 aliphatic carbocycles. The van der Waals surface area contributed by atoms with Crippen molar-refractivity contribution in [3.63, 3.8) is 0 Å². The molecule has 19 heavy (non-hydrogen) atoms. The second-order valence-corrected chi connectivity index (χ2v) is 4.08. The van der Waals surface area contributed by atoms with E-state index in [0.717, 1.165) is 0 Å². The van der Waals surface area contributed by atoms with Gasteiger partial charge in [-0.1, -0.05) is 18.2 Å². The number of esters is 1. The Hall–Kier alpha value is -1.98. The molecule has 102 valence electrons. The molecule has 0 spiro atoms. The van der Waals surface area contributed by atoms with Crippen molar-refractivity contribution in [2.75, 3.05) is 6.61 Å². The fourth-order valence-electron chi connectivity index (χ4n) is 1.85. The summed E-state index contributed by atoms with van der Waals surface area (Å²) < 4.78 is 36.5. The molecule has 4 nitrogen and oxygen atoms in total. The number of Topliss-reactive ketones (excluding diaryl/α,β-unsaturated/α-hetero) is 1. The van der Waals surface area contributed by atoms with Crippen LogP contribution in [0.1, 0.15) is 12.5 Å². The highest BCUT2D eigenvalue weighted by atomic mass is 19.3. The van der Waals surface area contributed by atoms with Gasteiger partial charge in [-0.25, -0.2) is 4.79 Å². The molecule has 1 atom stereocenters. The molecular weight excluding hydrogens is 258 g/mol. The molecule has 1 aliphatic rings. The lowest BCUT2D eigenvalue weighted by molar-refractivity contribution is -0.179. The normalized spacial score (nSPS) is 17.5. The molecule has 6 heteroatoms. The third-order valence-electron chi connectivity index (χ3n) is 2.78. The first-order valence-corrected chi connectivity index (χ1v) is 5.80. The Labute approximate surface area is 108 Å². The van der Waals surface area contributed by atoms with E-state index in [1.165, 1.54) is 6.92 Å². The number of hydrogen-bond acceptors (Lipinski definition) is 4. The van der Waals surface area contributed by atoms with Gasteiger partial charge in [0.15, 0.2) is 6.10 Å². The lowest BCUT2D eigenvalue weighted by Crippen LogP contribution is -2.46. The summed E-state index contributed by atoms with van der Waals surface area (Å²) in [6, 6.07) is 6.67. The zero-order chi connectivity index (χ0) is 14.0. The summed E-state index contributed by atoms with van der Waals surface area (Å²) in [5, 5.41) is 0. The number of carbonyl (C=O) groups excluding carboxylic acids is 2. The molecule has 0 aromatic heterocycles. The van der Waals surface area contributed by atoms with Crippen molar-refractivity contribution in [1.29, 1.82) is 0 Å². The van der Waals surface area contributed by atoms with Gasteiger partial charge in [0.1, 0.15) is 5.75 Å². The Kier molecular flexibility index (Phi) is 3.50. The number of alkyl halides is 2. The van der Waals surface area contributed by atoms with Gasteiger partial charge in [0.25, 0.3) is 5.78 Å². The molecule has 1 heterocycles. The Morgan fingerprint density at radius 1 is 1.42 bits per heavy atom. The Morgan fingerprint density at radius 3 is 2.74 bits per heavy atom. The van der Waals surface area contributed by atoms with E-state index >= 15 is 0 Å². The van der Waals surface area contributed by atoms with Crippen molar-refractivity contribution in [1.82, 2.24) is 0 Å². The Bertz CT molecular complexity index is 488. The van der Waals surface area contributed by atoms with E-state index in [4.69, 9.17) is 4.74 Å². The minimum absolute atomic E-state index is 0.0317. The summed E-state index contributed by atoms with van der Waals surface area (Å²) in [7, 11) is 0. The van der Waals surface area contributed by atoms with Crippen molar-refractivity contribution in [3.05, 3.63) is 29.8 Å². The minimum atomic E-state index is -4.18. The number of para-hydroxylation sites is 1. The Morgan fingerprint density at radius 2 is 2.11 bits per heavy atom. The van der Waals surface area contributed by atoms with Crippen molar-refractivity contribution in [3.8, 4) is 5.75 Å². The van der Waals surface area contributed by atoms with Crippen molar-refractivity contribution < 1.29 is 27.8 Å². The van der Waals surface area contributed by atoms with Crippen LogP contribution < -0.4 is 4.74 Å². The van der Waals surface area contributed by atoms with E-state index in [1.807, 2.05) is 0 Å². The number of hydrogen-bond donors (Lipinski definition) is 0. The Balaban J connectivity index is 2.12. The predicted octanol–water partition coefficient (Wildman–Crippen LogP) is 1.76. The van der Waals surface area contributed by atoms with Gasteiger partial charge >= 0.3 is 11.9 Å². The van der Waals surface area contributed by atoms with Gasteiger partial charge in [-0.2, -0.15) is 8.78 Å². The summed E-state index contributed by atoms with van der Waals surface area (Å²) >= 11 is 0. The zero-order valence-corrected chi connectivity index (χ0v) is 10.2. The molecule has 2 rings (SSSR count). The van der Waals surface area contributed by atoms with Gasteiger partial charge in [0.2, 0.25) is 0 Å². The van der Waals surface area contributed by atoms with E-state index in [1.54, 1.807) is 24.3 Å². The average Bonchev–Trinajstić information content (AvgIpc) is 2.81. The number of ether oxygens (including phenoxy) is 2. The summed E-state index contributed by atoms with van der Waals surface area (Å²) in [5.41, 5.74) is 0.667. The first-order valence-electron chi connectivity index (χ1n) is 5.80. The molecule has 0 fully saturated rings. The van der Waals surface area contributed by atoms with Crippen molar-refractivity contribution >= 4 is 11.8 Å². The highest BCUT2D eigenvalue weighted by molar-refractivity contribution is 6.07. The number of rotatable bonds is 4. The number of ketones is 1. The van der Waals surface area contributed by atoms with Gasteiger partial charge in [-0.15, -0.1) is 0 Å². The summed E-state index contributed by atoms with van der Waals surface area (Å²) in [6.45, 7) is 1.17. The highest BCUT2D eigenvalue weighted by Gasteiger charge is 2.53. The standard InChI is InChI=1S/C13H12F2O4/c1-2-18-12(17)13(14,15)11(16)10-7-8-5-3-4-6-9(8)19-10/h3-6,10H,2,7H2,1H3. The van der Waals surface area contributed by atoms with Crippen LogP contribution in [-0.4, -0.2) is 30.4 Å². The van der Waals surface area contributed by atoms with Gasteiger partial charge in [0.05, 0.1) is 6.61 Å². The second kappa shape index (κ2) is 4.95. The molecule has 0 radical (unpaired) electrons. The predicted molar refractivity (Wildman–Crippen MR) is 61.1 cm³/mol. The molecular formula is C13H12F2O4. The molecule has 0 bridgehead atoms. The number of fused-ring (bicyclic) bond motifs is 1. The third-order valence-corrected chi connectivity index (χ3v) is 2.78. The highest BCUT2D eigenvalue weighted by Crippen LogP contribution is 2.31. The van der Waals surface area contributed by atoms with E-state index in [0.29, 0.717) is 11.3 Å². The average molecular weight is 270 g/mol. The van der Waals surface area contributed by atoms with Gasteiger partial charge in [0, 0.05) is 6.42 Å². The van der Waals surface area contributed by atoms with Crippen molar-refractivity contribution in [2.45, 2.75) is 25.4 Å². The smallest absolute Gasteiger partial charge is 0.403 e. The maximum absolute atomic E-state index is 13.6. The van der Waals surface area contributed by atoms with Gasteiger partial charge < -0.3 is 9.47 Å². The molecule has 0 amide bonds. The second-order valence-electron chi connectivity index (χ2n) is 4.08. The van der Waals surface area contributed by atoms with Crippen molar-refractivity contribution in [2.24, 2.45) is 0 Å². The number of benzene rings is 1. The summed E-state index contributed by atoms with van der Waals surface area (Å²) in [5.74, 6) is -7.19. The van der Waals surface area contributed by atoms with E-state index in [2.05, 4.69) is 4.74 Å². The lowest BCUT2D eigenvalue weighted by Gasteiger charge is -2.17. The van der Waals surface area contributed by atoms with Crippen LogP contribution in [0.25, 0.3) is 0 Å². The van der Waals surface area contributed by atoms with Crippen LogP contribution in [0, 0.1) is 0 Å². The third kappa shape index (κ3) is 2.43. The van der Waals surface area contributed by atoms with E-state index in [-0.39, 0.29) is 13.0 Å². The van der Waals surface area contributed by atoms with Crippen LogP contribution in [0.3, 0.4) is 0 Å². The van der Waals surface area contributed by atoms with E-state index in [9.17, 15) is 18.4 Å². The quantitative estimate of drug-likeness (QED) is 0.618. The fourth-order valence-corrected chi connectivity index (χ4v) is 1.85. The molecule has 1 unspecified atom stereocenters. The molecule has 1 aromatic carbocycles. The van der Waals surface area contributed by atoms with Crippen LogP contribution in [0.4, 0.5) is 8.78 Å². The topological polar surface area (TPSA) is 52.6 Å². The van der Waals surface area contributed by atoms with Gasteiger partial charge in [-0.05, 0) is 18.6 Å². The molecule has 0 N–H and O–H groups in total. The summed E-state index contributed by atoms with van der Waals surface area (Å²) in [4.78, 5) is 22.8. The SMILES string of the molecule is CCOC(=O)C(F)(F)C(=O)C1Cc2ccccc2O1. The fraction of sp³-hybridized carbons (Fsp3) is 0.385. The molecule has 1 aromatic rings. The molecule has 0 saturated carbocycles. The maximum Gasteiger partial charge on any atom is 0.403 e. The molecule has 1 aliphatic heterocycles. The lowest BCUT2D eigenvalue weighted by atomic mass is 10.0. The maximum atomic E-state index is 13.6. The van der Waals surface area contributed by atoms with Crippen LogP contribution in [0.15, 0.2) is 24.3 Å². The zero-order valence-electron chi connectivity index (χ0n) is 10.2. The number of carbonyl (C=O) groups is 2. The monoisotopic (exact) mass is 270 g/mol. The van der Waals surface area contributed by atoms with Crippen LogP contribution in [0.5, 0.6) is 5.75 Å². The number of halogens is 2. The van der Waals surface area contributed by atoms with Crippen LogP contribution in [0.2, 0.25) is 0 Å². The first-order chi connectivity index (χ1) is 8.96. The van der Waals surface area contributed by atoms with E-state index < -0.39 is 23.8 Å². The largest absolute Gasteiger partial charge is 0.482 e. The summed E-state index contributed by atoms with van der Waals surface area (Å²) in [6.07, 6.45) is -1.32. The minimum Gasteiger partial charge on any atom is -0.482 e.